The van der Waals surface area contributed by atoms with E-state index in [1.165, 1.54) is 0 Å². The minimum atomic E-state index is -0.757. The molecule has 1 aromatic carbocycles. The summed E-state index contributed by atoms with van der Waals surface area (Å²) in [6, 6.07) is 5.81. The third kappa shape index (κ3) is 3.84. The van der Waals surface area contributed by atoms with Crippen molar-refractivity contribution in [3.63, 3.8) is 0 Å². The maximum Gasteiger partial charge on any atom is 0.303 e. The smallest absolute Gasteiger partial charge is 0.303 e. The molecule has 0 bridgehead atoms. The summed E-state index contributed by atoms with van der Waals surface area (Å²) in [7, 11) is 0. The van der Waals surface area contributed by atoms with Crippen LogP contribution in [0.2, 0.25) is 0 Å². The van der Waals surface area contributed by atoms with Crippen LogP contribution in [-0.2, 0) is 4.79 Å². The van der Waals surface area contributed by atoms with Crippen LogP contribution in [0.25, 0.3) is 0 Å². The Morgan fingerprint density at radius 3 is 2.81 bits per heavy atom. The molecular weight excluding hydrogens is 266 g/mol. The molecule has 21 heavy (non-hydrogen) atoms. The molecule has 1 saturated heterocycles. The van der Waals surface area contributed by atoms with Crippen LogP contribution in [-0.4, -0.2) is 35.0 Å². The summed E-state index contributed by atoms with van der Waals surface area (Å²) in [6.45, 7) is 5.45. The Morgan fingerprint density at radius 1 is 1.33 bits per heavy atom. The van der Waals surface area contributed by atoms with E-state index in [9.17, 15) is 9.59 Å². The summed E-state index contributed by atoms with van der Waals surface area (Å²) >= 11 is 0. The highest BCUT2D eigenvalue weighted by Gasteiger charge is 2.25. The number of carboxylic acid groups (broad SMARTS) is 1. The molecule has 0 unspecified atom stereocenters. The summed E-state index contributed by atoms with van der Waals surface area (Å²) in [5.41, 5.74) is 2.93. The second-order valence-corrected chi connectivity index (χ2v) is 5.94. The molecule has 0 spiro atoms. The van der Waals surface area contributed by atoms with Crippen molar-refractivity contribution in [3.8, 4) is 0 Å². The van der Waals surface area contributed by atoms with Gasteiger partial charge >= 0.3 is 5.97 Å². The van der Waals surface area contributed by atoms with Crippen molar-refractivity contribution in [2.75, 3.05) is 13.1 Å². The van der Waals surface area contributed by atoms with E-state index in [1.54, 1.807) is 0 Å². The predicted octanol–water partition coefficient (Wildman–Crippen LogP) is 3.02. The van der Waals surface area contributed by atoms with E-state index < -0.39 is 5.97 Å². The number of piperidine rings is 1. The van der Waals surface area contributed by atoms with E-state index in [0.29, 0.717) is 18.9 Å². The van der Waals surface area contributed by atoms with Crippen LogP contribution in [0.1, 0.15) is 47.2 Å². The maximum atomic E-state index is 12.7. The molecule has 0 aromatic heterocycles. The number of aliphatic carboxylic acids is 1. The molecule has 1 aliphatic heterocycles. The maximum absolute atomic E-state index is 12.7. The van der Waals surface area contributed by atoms with Gasteiger partial charge in [0.25, 0.3) is 5.91 Å². The number of rotatable bonds is 4. The van der Waals surface area contributed by atoms with Gasteiger partial charge in [0, 0.05) is 25.1 Å². The van der Waals surface area contributed by atoms with Gasteiger partial charge in [-0.1, -0.05) is 12.1 Å². The van der Waals surface area contributed by atoms with E-state index in [1.807, 2.05) is 36.9 Å². The number of likely N-dealkylation sites (tertiary alicyclic amines) is 1. The summed E-state index contributed by atoms with van der Waals surface area (Å²) in [5.74, 6) is -0.367. The standard InChI is InChI=1S/C17H23NO3/c1-12-5-3-7-15(13(12)2)17(21)18-10-4-6-14(11-18)8-9-16(19)20/h3,5,7,14H,4,6,8-11H2,1-2H3,(H,19,20)/t14-/m0/s1. The zero-order chi connectivity index (χ0) is 15.4. The fourth-order valence-corrected chi connectivity index (χ4v) is 2.97. The molecule has 2 rings (SSSR count). The Morgan fingerprint density at radius 2 is 2.10 bits per heavy atom. The summed E-state index contributed by atoms with van der Waals surface area (Å²) in [4.78, 5) is 25.2. The summed E-state index contributed by atoms with van der Waals surface area (Å²) in [5, 5.41) is 8.78. The van der Waals surface area contributed by atoms with Gasteiger partial charge in [-0.15, -0.1) is 0 Å². The molecule has 1 N–H and O–H groups in total. The number of carboxylic acids is 1. The van der Waals surface area contributed by atoms with E-state index in [2.05, 4.69) is 0 Å². The zero-order valence-corrected chi connectivity index (χ0v) is 12.8. The first-order valence-corrected chi connectivity index (χ1v) is 7.56. The van der Waals surface area contributed by atoms with Gasteiger partial charge in [0.1, 0.15) is 0 Å². The van der Waals surface area contributed by atoms with Gasteiger partial charge in [-0.25, -0.2) is 0 Å². The Balaban J connectivity index is 2.05. The SMILES string of the molecule is Cc1cccc(C(=O)N2CCC[C@@H](CCC(=O)O)C2)c1C. The van der Waals surface area contributed by atoms with Crippen LogP contribution >= 0.6 is 0 Å². The van der Waals surface area contributed by atoms with Gasteiger partial charge in [0.2, 0.25) is 0 Å². The third-order valence-corrected chi connectivity index (χ3v) is 4.41. The van der Waals surface area contributed by atoms with Gasteiger partial charge in [0.05, 0.1) is 0 Å². The molecule has 0 saturated carbocycles. The van der Waals surface area contributed by atoms with Crippen molar-refractivity contribution in [3.05, 3.63) is 34.9 Å². The van der Waals surface area contributed by atoms with Crippen molar-refractivity contribution < 1.29 is 14.7 Å². The first kappa shape index (κ1) is 15.5. The minimum absolute atomic E-state index is 0.0798. The lowest BCUT2D eigenvalue weighted by Gasteiger charge is -2.33. The predicted molar refractivity (Wildman–Crippen MR) is 81.4 cm³/mol. The molecule has 4 nitrogen and oxygen atoms in total. The fourth-order valence-electron chi connectivity index (χ4n) is 2.97. The van der Waals surface area contributed by atoms with E-state index in [0.717, 1.165) is 36.1 Å². The number of amides is 1. The Bertz CT molecular complexity index is 539. The molecule has 0 radical (unpaired) electrons. The van der Waals surface area contributed by atoms with Gasteiger partial charge in [-0.3, -0.25) is 9.59 Å². The van der Waals surface area contributed by atoms with Crippen molar-refractivity contribution >= 4 is 11.9 Å². The molecular formula is C17H23NO3. The number of hydrogen-bond acceptors (Lipinski definition) is 2. The number of hydrogen-bond donors (Lipinski definition) is 1. The normalized spacial score (nSPS) is 18.6. The van der Waals surface area contributed by atoms with Crippen molar-refractivity contribution in [2.45, 2.75) is 39.5 Å². The zero-order valence-electron chi connectivity index (χ0n) is 12.8. The molecule has 1 atom stereocenters. The van der Waals surface area contributed by atoms with E-state index >= 15 is 0 Å². The van der Waals surface area contributed by atoms with Crippen LogP contribution in [0, 0.1) is 19.8 Å². The van der Waals surface area contributed by atoms with E-state index in [-0.39, 0.29) is 12.3 Å². The minimum Gasteiger partial charge on any atom is -0.481 e. The fraction of sp³-hybridized carbons (Fsp3) is 0.529. The second-order valence-electron chi connectivity index (χ2n) is 5.94. The first-order valence-electron chi connectivity index (χ1n) is 7.56. The third-order valence-electron chi connectivity index (χ3n) is 4.41. The quantitative estimate of drug-likeness (QED) is 0.927. The summed E-state index contributed by atoms with van der Waals surface area (Å²) in [6.07, 6.45) is 2.83. The van der Waals surface area contributed by atoms with Gasteiger partial charge < -0.3 is 10.0 Å². The lowest BCUT2D eigenvalue weighted by Crippen LogP contribution is -2.40. The highest BCUT2D eigenvalue weighted by Crippen LogP contribution is 2.23. The monoisotopic (exact) mass is 289 g/mol. The van der Waals surface area contributed by atoms with E-state index in [4.69, 9.17) is 5.11 Å². The topological polar surface area (TPSA) is 57.6 Å². The molecule has 1 aromatic rings. The number of carbonyl (C=O) groups is 2. The molecule has 1 aliphatic rings. The Labute approximate surface area is 125 Å². The highest BCUT2D eigenvalue weighted by molar-refractivity contribution is 5.96. The largest absolute Gasteiger partial charge is 0.481 e. The first-order chi connectivity index (χ1) is 9.99. The van der Waals surface area contributed by atoms with Crippen LogP contribution in [0.4, 0.5) is 0 Å². The van der Waals surface area contributed by atoms with Gasteiger partial charge in [-0.05, 0) is 56.2 Å². The molecule has 114 valence electrons. The van der Waals surface area contributed by atoms with Gasteiger partial charge in [0.15, 0.2) is 0 Å². The van der Waals surface area contributed by atoms with Crippen LogP contribution in [0.15, 0.2) is 18.2 Å². The molecule has 1 fully saturated rings. The molecule has 0 aliphatic carbocycles. The van der Waals surface area contributed by atoms with Crippen molar-refractivity contribution in [2.24, 2.45) is 5.92 Å². The number of carbonyl (C=O) groups excluding carboxylic acids is 1. The summed E-state index contributed by atoms with van der Waals surface area (Å²) < 4.78 is 0. The molecule has 1 heterocycles. The number of nitrogens with zero attached hydrogens (tertiary/aromatic N) is 1. The van der Waals surface area contributed by atoms with Gasteiger partial charge in [-0.2, -0.15) is 0 Å². The van der Waals surface area contributed by atoms with Crippen molar-refractivity contribution in [1.29, 1.82) is 0 Å². The Hall–Kier alpha value is -1.84. The average molecular weight is 289 g/mol. The van der Waals surface area contributed by atoms with Crippen LogP contribution < -0.4 is 0 Å². The lowest BCUT2D eigenvalue weighted by atomic mass is 9.92. The van der Waals surface area contributed by atoms with Crippen molar-refractivity contribution in [1.82, 2.24) is 4.90 Å². The lowest BCUT2D eigenvalue weighted by molar-refractivity contribution is -0.137. The number of benzene rings is 1. The number of aryl methyl sites for hydroxylation is 1. The average Bonchev–Trinajstić information content (AvgIpc) is 2.47. The van der Waals surface area contributed by atoms with Crippen LogP contribution in [0.5, 0.6) is 0 Å². The molecule has 1 amide bonds. The Kier molecular flexibility index (Phi) is 4.99. The molecule has 4 heteroatoms. The second kappa shape index (κ2) is 6.74. The highest BCUT2D eigenvalue weighted by atomic mass is 16.4. The van der Waals surface area contributed by atoms with Crippen LogP contribution in [0.3, 0.4) is 0 Å².